The summed E-state index contributed by atoms with van der Waals surface area (Å²) in [5.41, 5.74) is 0.229. The van der Waals surface area contributed by atoms with Crippen LogP contribution < -0.4 is 10.1 Å². The number of ether oxygens (including phenoxy) is 2. The summed E-state index contributed by atoms with van der Waals surface area (Å²) in [5, 5.41) is 12.4. The van der Waals surface area contributed by atoms with Gasteiger partial charge >= 0.3 is 0 Å². The minimum Gasteiger partial charge on any atom is -0.497 e. The number of hydrogen-bond acceptors (Lipinski definition) is 4. The maximum Gasteiger partial charge on any atom is 0.124 e. The maximum atomic E-state index is 9.20. The maximum absolute atomic E-state index is 9.20. The summed E-state index contributed by atoms with van der Waals surface area (Å²) in [4.78, 5) is 0. The van der Waals surface area contributed by atoms with Gasteiger partial charge in [0.2, 0.25) is 0 Å². The van der Waals surface area contributed by atoms with Gasteiger partial charge in [0.1, 0.15) is 11.3 Å². The summed E-state index contributed by atoms with van der Waals surface area (Å²) < 4.78 is 10.1. The molecule has 17 heavy (non-hydrogen) atoms. The molecule has 0 aliphatic heterocycles. The van der Waals surface area contributed by atoms with E-state index < -0.39 is 5.54 Å². The van der Waals surface area contributed by atoms with E-state index in [0.29, 0.717) is 13.0 Å². The summed E-state index contributed by atoms with van der Waals surface area (Å²) in [7, 11) is 3.25. The van der Waals surface area contributed by atoms with Gasteiger partial charge in [-0.3, -0.25) is 0 Å². The molecule has 1 aromatic carbocycles. The number of rotatable bonds is 6. The van der Waals surface area contributed by atoms with Crippen molar-refractivity contribution in [3.8, 4) is 11.8 Å². The van der Waals surface area contributed by atoms with E-state index >= 15 is 0 Å². The number of hydrogen-bond donors (Lipinski definition) is 1. The van der Waals surface area contributed by atoms with Crippen molar-refractivity contribution in [3.63, 3.8) is 0 Å². The van der Waals surface area contributed by atoms with E-state index in [9.17, 15) is 5.26 Å². The third-order valence-corrected chi connectivity index (χ3v) is 2.54. The fourth-order valence-electron chi connectivity index (χ4n) is 1.47. The smallest absolute Gasteiger partial charge is 0.124 e. The van der Waals surface area contributed by atoms with E-state index in [2.05, 4.69) is 11.4 Å². The van der Waals surface area contributed by atoms with Gasteiger partial charge in [0, 0.05) is 31.9 Å². The average Bonchev–Trinajstić information content (AvgIpc) is 2.36. The van der Waals surface area contributed by atoms with E-state index in [1.165, 1.54) is 0 Å². The van der Waals surface area contributed by atoms with Crippen LogP contribution in [0.3, 0.4) is 0 Å². The summed E-state index contributed by atoms with van der Waals surface area (Å²) in [6.07, 6.45) is 0.622. The fourth-order valence-corrected chi connectivity index (χ4v) is 1.47. The number of nitrogens with zero attached hydrogens (tertiary/aromatic N) is 1. The van der Waals surface area contributed by atoms with Crippen LogP contribution in [0.15, 0.2) is 24.3 Å². The molecule has 0 bridgehead atoms. The highest BCUT2D eigenvalue weighted by Crippen LogP contribution is 2.22. The Morgan fingerprint density at radius 2 is 2.18 bits per heavy atom. The highest BCUT2D eigenvalue weighted by Gasteiger charge is 2.23. The second-order valence-corrected chi connectivity index (χ2v) is 4.04. The lowest BCUT2D eigenvalue weighted by Crippen LogP contribution is -2.34. The van der Waals surface area contributed by atoms with E-state index in [1.54, 1.807) is 14.2 Å². The lowest BCUT2D eigenvalue weighted by Gasteiger charge is -2.24. The van der Waals surface area contributed by atoms with Gasteiger partial charge in [-0.15, -0.1) is 0 Å². The van der Waals surface area contributed by atoms with Crippen LogP contribution in [0.25, 0.3) is 0 Å². The molecule has 0 spiro atoms. The fraction of sp³-hybridized carbons (Fsp3) is 0.462. The van der Waals surface area contributed by atoms with Crippen molar-refractivity contribution in [2.45, 2.75) is 18.9 Å². The van der Waals surface area contributed by atoms with E-state index in [4.69, 9.17) is 9.47 Å². The molecule has 0 saturated heterocycles. The lowest BCUT2D eigenvalue weighted by molar-refractivity contribution is 0.184. The zero-order chi connectivity index (χ0) is 12.7. The number of anilines is 1. The van der Waals surface area contributed by atoms with Crippen LogP contribution in [0.2, 0.25) is 0 Å². The highest BCUT2D eigenvalue weighted by molar-refractivity contribution is 5.51. The van der Waals surface area contributed by atoms with Crippen molar-refractivity contribution < 1.29 is 9.47 Å². The van der Waals surface area contributed by atoms with E-state index in [0.717, 1.165) is 11.4 Å². The summed E-state index contributed by atoms with van der Waals surface area (Å²) in [5.74, 6) is 0.766. The minimum atomic E-state index is -0.637. The Balaban J connectivity index is 2.76. The molecule has 0 amide bonds. The molecule has 0 radical (unpaired) electrons. The average molecular weight is 234 g/mol. The van der Waals surface area contributed by atoms with Crippen LogP contribution in [0.5, 0.6) is 5.75 Å². The van der Waals surface area contributed by atoms with Gasteiger partial charge in [-0.2, -0.15) is 5.26 Å². The first kappa shape index (κ1) is 13.3. The van der Waals surface area contributed by atoms with Crippen molar-refractivity contribution in [1.82, 2.24) is 0 Å². The van der Waals surface area contributed by atoms with Gasteiger partial charge < -0.3 is 14.8 Å². The monoisotopic (exact) mass is 234 g/mol. The predicted molar refractivity (Wildman–Crippen MR) is 67.1 cm³/mol. The first-order chi connectivity index (χ1) is 8.13. The Labute approximate surface area is 102 Å². The van der Waals surface area contributed by atoms with E-state index in [1.807, 2.05) is 31.2 Å². The Hall–Kier alpha value is -1.73. The second-order valence-electron chi connectivity index (χ2n) is 4.04. The van der Waals surface area contributed by atoms with Crippen molar-refractivity contribution >= 4 is 5.69 Å². The van der Waals surface area contributed by atoms with Crippen LogP contribution in [0.1, 0.15) is 13.3 Å². The number of benzene rings is 1. The van der Waals surface area contributed by atoms with E-state index in [-0.39, 0.29) is 0 Å². The quantitative estimate of drug-likeness (QED) is 0.821. The molecule has 0 fully saturated rings. The normalized spacial score (nSPS) is 13.5. The molecule has 1 unspecified atom stereocenters. The third kappa shape index (κ3) is 3.97. The third-order valence-electron chi connectivity index (χ3n) is 2.54. The molecular weight excluding hydrogens is 216 g/mol. The first-order valence-electron chi connectivity index (χ1n) is 5.46. The van der Waals surface area contributed by atoms with Crippen LogP contribution in [-0.2, 0) is 4.74 Å². The van der Waals surface area contributed by atoms with Crippen molar-refractivity contribution in [3.05, 3.63) is 24.3 Å². The Morgan fingerprint density at radius 1 is 1.41 bits per heavy atom. The van der Waals surface area contributed by atoms with Crippen LogP contribution in [0.4, 0.5) is 5.69 Å². The van der Waals surface area contributed by atoms with Gasteiger partial charge in [-0.25, -0.2) is 0 Å². The molecule has 4 nitrogen and oxygen atoms in total. The van der Waals surface area contributed by atoms with Crippen molar-refractivity contribution in [1.29, 1.82) is 5.26 Å². The van der Waals surface area contributed by atoms with Crippen molar-refractivity contribution in [2.24, 2.45) is 0 Å². The van der Waals surface area contributed by atoms with Crippen LogP contribution in [-0.4, -0.2) is 26.4 Å². The van der Waals surface area contributed by atoms with Gasteiger partial charge in [0.25, 0.3) is 0 Å². The lowest BCUT2D eigenvalue weighted by atomic mass is 10.00. The van der Waals surface area contributed by atoms with Gasteiger partial charge in [0.15, 0.2) is 0 Å². The second kappa shape index (κ2) is 6.12. The summed E-state index contributed by atoms with van der Waals surface area (Å²) >= 11 is 0. The Morgan fingerprint density at radius 3 is 2.76 bits per heavy atom. The Kier molecular flexibility index (Phi) is 4.80. The SMILES string of the molecule is COCCC(C)(C#N)Nc1cccc(OC)c1. The predicted octanol–water partition coefficient (Wildman–Crippen LogP) is 2.43. The first-order valence-corrected chi connectivity index (χ1v) is 5.46. The molecule has 0 saturated carbocycles. The zero-order valence-corrected chi connectivity index (χ0v) is 10.5. The largest absolute Gasteiger partial charge is 0.497 e. The molecule has 0 aliphatic rings. The molecule has 1 rings (SSSR count). The molecule has 0 aromatic heterocycles. The van der Waals surface area contributed by atoms with Crippen LogP contribution in [0, 0.1) is 11.3 Å². The Bertz CT molecular complexity index is 401. The van der Waals surface area contributed by atoms with Crippen LogP contribution >= 0.6 is 0 Å². The molecule has 1 N–H and O–H groups in total. The number of methoxy groups -OCH3 is 2. The number of nitrogens with one attached hydrogen (secondary N) is 1. The summed E-state index contributed by atoms with van der Waals surface area (Å²) in [6.45, 7) is 2.40. The van der Waals surface area contributed by atoms with Gasteiger partial charge in [-0.05, 0) is 19.1 Å². The number of nitriles is 1. The standard InChI is InChI=1S/C13H18N2O2/c1-13(10-14,7-8-16-2)15-11-5-4-6-12(9-11)17-3/h4-6,9,15H,7-8H2,1-3H3. The van der Waals surface area contributed by atoms with Gasteiger partial charge in [0.05, 0.1) is 13.2 Å². The highest BCUT2D eigenvalue weighted by atomic mass is 16.5. The topological polar surface area (TPSA) is 54.3 Å². The minimum absolute atomic E-state index is 0.543. The molecule has 92 valence electrons. The molecular formula is C13H18N2O2. The molecule has 0 aliphatic carbocycles. The van der Waals surface area contributed by atoms with Crippen molar-refractivity contribution in [2.75, 3.05) is 26.1 Å². The molecule has 0 heterocycles. The van der Waals surface area contributed by atoms with Gasteiger partial charge in [-0.1, -0.05) is 6.07 Å². The molecule has 1 aromatic rings. The molecule has 1 atom stereocenters. The summed E-state index contributed by atoms with van der Waals surface area (Å²) in [6, 6.07) is 9.79. The zero-order valence-electron chi connectivity index (χ0n) is 10.5. The molecule has 4 heteroatoms.